The summed E-state index contributed by atoms with van der Waals surface area (Å²) in [6.45, 7) is 2.22. The molecule has 1 fully saturated rings. The van der Waals surface area contributed by atoms with Gasteiger partial charge in [-0.05, 0) is 44.0 Å². The molecule has 0 aliphatic carbocycles. The predicted octanol–water partition coefficient (Wildman–Crippen LogP) is 1.45. The second-order valence-electron chi connectivity index (χ2n) is 4.93. The zero-order valence-corrected chi connectivity index (χ0v) is 11.8. The van der Waals surface area contributed by atoms with E-state index in [0.717, 1.165) is 25.9 Å². The molecule has 6 heteroatoms. The summed E-state index contributed by atoms with van der Waals surface area (Å²) in [4.78, 5) is -0.249. The van der Waals surface area contributed by atoms with Crippen molar-refractivity contribution in [3.63, 3.8) is 0 Å². The zero-order chi connectivity index (χ0) is 13.9. The lowest BCUT2D eigenvalue weighted by Crippen LogP contribution is -2.39. The van der Waals surface area contributed by atoms with Gasteiger partial charge in [0.2, 0.25) is 10.0 Å². The van der Waals surface area contributed by atoms with Crippen LogP contribution in [0.4, 0.5) is 4.39 Å². The number of piperidine rings is 1. The standard InChI is InChI=1S/C13H19FN2O2S/c1-16(10-11-5-4-8-15-9-11)19(17,18)13-7-3-2-6-12(13)14/h2-3,6-7,11,15H,4-5,8-10H2,1H3. The molecule has 2 rings (SSSR count). The van der Waals surface area contributed by atoms with Gasteiger partial charge in [0, 0.05) is 13.6 Å². The summed E-state index contributed by atoms with van der Waals surface area (Å²) < 4.78 is 39.4. The summed E-state index contributed by atoms with van der Waals surface area (Å²) in [5.41, 5.74) is 0. The molecular weight excluding hydrogens is 267 g/mol. The number of sulfonamides is 1. The van der Waals surface area contributed by atoms with Gasteiger partial charge >= 0.3 is 0 Å². The van der Waals surface area contributed by atoms with E-state index in [4.69, 9.17) is 0 Å². The number of rotatable bonds is 4. The minimum atomic E-state index is -3.74. The van der Waals surface area contributed by atoms with Crippen molar-refractivity contribution >= 4 is 10.0 Å². The molecule has 106 valence electrons. The van der Waals surface area contributed by atoms with Gasteiger partial charge in [0.1, 0.15) is 10.7 Å². The van der Waals surface area contributed by atoms with Crippen LogP contribution < -0.4 is 5.32 Å². The Hall–Kier alpha value is -0.980. The number of halogens is 1. The van der Waals surface area contributed by atoms with Gasteiger partial charge in [0.15, 0.2) is 0 Å². The second kappa shape index (κ2) is 5.98. The average molecular weight is 286 g/mol. The third kappa shape index (κ3) is 3.32. The predicted molar refractivity (Wildman–Crippen MR) is 71.8 cm³/mol. The molecule has 1 unspecified atom stereocenters. The van der Waals surface area contributed by atoms with Crippen molar-refractivity contribution < 1.29 is 12.8 Å². The van der Waals surface area contributed by atoms with Crippen molar-refractivity contribution in [1.82, 2.24) is 9.62 Å². The molecule has 0 radical (unpaired) electrons. The minimum absolute atomic E-state index is 0.249. The summed E-state index contributed by atoms with van der Waals surface area (Å²) in [6.07, 6.45) is 2.06. The molecule has 1 atom stereocenters. The highest BCUT2D eigenvalue weighted by Crippen LogP contribution is 2.20. The van der Waals surface area contributed by atoms with Crippen LogP contribution in [0.15, 0.2) is 29.2 Å². The van der Waals surface area contributed by atoms with Gasteiger partial charge in [-0.25, -0.2) is 17.1 Å². The number of nitrogens with zero attached hydrogens (tertiary/aromatic N) is 1. The van der Waals surface area contributed by atoms with Gasteiger partial charge in [-0.3, -0.25) is 0 Å². The molecule has 1 aliphatic heterocycles. The Labute approximate surface area is 113 Å². The number of benzene rings is 1. The Bertz CT molecular complexity index is 527. The molecule has 0 amide bonds. The van der Waals surface area contributed by atoms with Crippen LogP contribution in [0.1, 0.15) is 12.8 Å². The van der Waals surface area contributed by atoms with Crippen LogP contribution in [0, 0.1) is 11.7 Å². The molecule has 1 aromatic rings. The lowest BCUT2D eigenvalue weighted by molar-refractivity contribution is 0.314. The van der Waals surface area contributed by atoms with E-state index in [9.17, 15) is 12.8 Å². The Balaban J connectivity index is 2.13. The van der Waals surface area contributed by atoms with Gasteiger partial charge in [-0.2, -0.15) is 0 Å². The maximum absolute atomic E-state index is 13.6. The summed E-state index contributed by atoms with van der Waals surface area (Å²) in [5.74, 6) is -0.406. The Morgan fingerprint density at radius 2 is 2.16 bits per heavy atom. The van der Waals surface area contributed by atoms with Crippen LogP contribution in [0.2, 0.25) is 0 Å². The van der Waals surface area contributed by atoms with Crippen molar-refractivity contribution in [3.05, 3.63) is 30.1 Å². The van der Waals surface area contributed by atoms with E-state index < -0.39 is 15.8 Å². The first-order valence-electron chi connectivity index (χ1n) is 6.43. The van der Waals surface area contributed by atoms with Crippen molar-refractivity contribution in [2.45, 2.75) is 17.7 Å². The topological polar surface area (TPSA) is 49.4 Å². The van der Waals surface area contributed by atoms with Crippen LogP contribution in [0.3, 0.4) is 0 Å². The van der Waals surface area contributed by atoms with Crippen molar-refractivity contribution in [2.24, 2.45) is 5.92 Å². The monoisotopic (exact) mass is 286 g/mol. The van der Waals surface area contributed by atoms with Gasteiger partial charge < -0.3 is 5.32 Å². The fraction of sp³-hybridized carbons (Fsp3) is 0.538. The average Bonchev–Trinajstić information content (AvgIpc) is 2.40. The molecular formula is C13H19FN2O2S. The second-order valence-corrected chi connectivity index (χ2v) is 6.94. The van der Waals surface area contributed by atoms with Crippen LogP contribution in [0.5, 0.6) is 0 Å². The molecule has 1 aromatic carbocycles. The fourth-order valence-electron chi connectivity index (χ4n) is 2.36. The van der Waals surface area contributed by atoms with E-state index >= 15 is 0 Å². The van der Waals surface area contributed by atoms with Crippen LogP contribution in [-0.4, -0.2) is 39.4 Å². The minimum Gasteiger partial charge on any atom is -0.316 e. The zero-order valence-electron chi connectivity index (χ0n) is 11.0. The Morgan fingerprint density at radius 1 is 1.42 bits per heavy atom. The summed E-state index contributed by atoms with van der Waals surface area (Å²) in [6, 6.07) is 5.49. The summed E-state index contributed by atoms with van der Waals surface area (Å²) >= 11 is 0. The maximum Gasteiger partial charge on any atom is 0.245 e. The first-order valence-corrected chi connectivity index (χ1v) is 7.87. The highest BCUT2D eigenvalue weighted by atomic mass is 32.2. The normalized spacial score (nSPS) is 20.7. The third-order valence-corrected chi connectivity index (χ3v) is 5.30. The summed E-state index contributed by atoms with van der Waals surface area (Å²) in [7, 11) is -2.23. The molecule has 1 saturated heterocycles. The molecule has 0 spiro atoms. The SMILES string of the molecule is CN(CC1CCCNC1)S(=O)(=O)c1ccccc1F. The Kier molecular flexibility index (Phi) is 4.54. The van der Waals surface area contributed by atoms with E-state index in [1.807, 2.05) is 0 Å². The van der Waals surface area contributed by atoms with Gasteiger partial charge in [0.05, 0.1) is 0 Å². The first kappa shape index (κ1) is 14.4. The smallest absolute Gasteiger partial charge is 0.245 e. The van der Waals surface area contributed by atoms with E-state index in [1.54, 1.807) is 0 Å². The third-order valence-electron chi connectivity index (χ3n) is 3.44. The lowest BCUT2D eigenvalue weighted by Gasteiger charge is -2.27. The van der Waals surface area contributed by atoms with Gasteiger partial charge in [-0.15, -0.1) is 0 Å². The van der Waals surface area contributed by atoms with E-state index in [1.165, 1.54) is 35.6 Å². The molecule has 4 nitrogen and oxygen atoms in total. The molecule has 19 heavy (non-hydrogen) atoms. The van der Waals surface area contributed by atoms with Crippen LogP contribution in [0.25, 0.3) is 0 Å². The molecule has 0 bridgehead atoms. The van der Waals surface area contributed by atoms with Crippen molar-refractivity contribution in [1.29, 1.82) is 0 Å². The Morgan fingerprint density at radius 3 is 2.79 bits per heavy atom. The van der Waals surface area contributed by atoms with Crippen molar-refractivity contribution in [3.8, 4) is 0 Å². The van der Waals surface area contributed by atoms with Crippen LogP contribution >= 0.6 is 0 Å². The van der Waals surface area contributed by atoms with E-state index in [2.05, 4.69) is 5.32 Å². The van der Waals surface area contributed by atoms with Gasteiger partial charge in [-0.1, -0.05) is 12.1 Å². The summed E-state index contributed by atoms with van der Waals surface area (Å²) in [5, 5.41) is 3.25. The maximum atomic E-state index is 13.6. The van der Waals surface area contributed by atoms with Crippen LogP contribution in [-0.2, 0) is 10.0 Å². The largest absolute Gasteiger partial charge is 0.316 e. The number of nitrogens with one attached hydrogen (secondary N) is 1. The molecule has 1 heterocycles. The molecule has 1 aliphatic rings. The fourth-order valence-corrected chi connectivity index (χ4v) is 3.67. The highest BCUT2D eigenvalue weighted by molar-refractivity contribution is 7.89. The lowest BCUT2D eigenvalue weighted by atomic mass is 10.00. The molecule has 0 aromatic heterocycles. The number of hydrogen-bond acceptors (Lipinski definition) is 3. The first-order chi connectivity index (χ1) is 9.01. The quantitative estimate of drug-likeness (QED) is 0.911. The molecule has 1 N–H and O–H groups in total. The van der Waals surface area contributed by atoms with E-state index in [-0.39, 0.29) is 4.90 Å². The number of hydrogen-bond donors (Lipinski definition) is 1. The van der Waals surface area contributed by atoms with E-state index in [0.29, 0.717) is 12.5 Å². The van der Waals surface area contributed by atoms with Crippen molar-refractivity contribution in [2.75, 3.05) is 26.7 Å². The molecule has 0 saturated carbocycles. The van der Waals surface area contributed by atoms with Gasteiger partial charge in [0.25, 0.3) is 0 Å². The highest BCUT2D eigenvalue weighted by Gasteiger charge is 2.26.